The number of anilines is 1. The number of nitrogens with zero attached hydrogens (tertiary/aromatic N) is 1. The second kappa shape index (κ2) is 6.99. The van der Waals surface area contributed by atoms with Crippen LogP contribution in [0.3, 0.4) is 0 Å². The Hall–Kier alpha value is -1.75. The normalized spacial score (nSPS) is 15.7. The van der Waals surface area contributed by atoms with E-state index in [4.69, 9.17) is 4.74 Å². The fourth-order valence-electron chi connectivity index (χ4n) is 2.17. The SMILES string of the molecule is COc1ccccc1NCC(=O)N1CCCNCC1. The van der Waals surface area contributed by atoms with Crippen molar-refractivity contribution in [2.75, 3.05) is 45.2 Å². The molecule has 1 aliphatic rings. The summed E-state index contributed by atoms with van der Waals surface area (Å²) in [4.78, 5) is 14.0. The summed E-state index contributed by atoms with van der Waals surface area (Å²) in [5.74, 6) is 0.891. The molecule has 19 heavy (non-hydrogen) atoms. The molecule has 0 aliphatic carbocycles. The number of hydrogen-bond donors (Lipinski definition) is 2. The van der Waals surface area contributed by atoms with Gasteiger partial charge in [0.05, 0.1) is 19.3 Å². The van der Waals surface area contributed by atoms with Crippen molar-refractivity contribution in [3.63, 3.8) is 0 Å². The van der Waals surface area contributed by atoms with E-state index in [2.05, 4.69) is 10.6 Å². The van der Waals surface area contributed by atoms with Crippen molar-refractivity contribution in [1.82, 2.24) is 10.2 Å². The Balaban J connectivity index is 1.88. The summed E-state index contributed by atoms with van der Waals surface area (Å²) in [6.07, 6.45) is 1.01. The van der Waals surface area contributed by atoms with Gasteiger partial charge in [0, 0.05) is 19.6 Å². The molecular formula is C14H21N3O2. The molecule has 0 spiro atoms. The molecule has 0 saturated carbocycles. The summed E-state index contributed by atoms with van der Waals surface area (Å²) in [5, 5.41) is 6.43. The van der Waals surface area contributed by atoms with Gasteiger partial charge in [0.1, 0.15) is 5.75 Å². The van der Waals surface area contributed by atoms with Crippen molar-refractivity contribution in [1.29, 1.82) is 0 Å². The number of para-hydroxylation sites is 2. The van der Waals surface area contributed by atoms with Crippen molar-refractivity contribution >= 4 is 11.6 Å². The zero-order valence-electron chi connectivity index (χ0n) is 11.3. The van der Waals surface area contributed by atoms with Crippen LogP contribution in [0.25, 0.3) is 0 Å². The molecule has 1 saturated heterocycles. The monoisotopic (exact) mass is 263 g/mol. The first-order valence-corrected chi connectivity index (χ1v) is 6.66. The highest BCUT2D eigenvalue weighted by Crippen LogP contribution is 2.22. The number of nitrogens with one attached hydrogen (secondary N) is 2. The maximum atomic E-state index is 12.1. The van der Waals surface area contributed by atoms with E-state index >= 15 is 0 Å². The van der Waals surface area contributed by atoms with Gasteiger partial charge in [0.15, 0.2) is 0 Å². The molecule has 1 aliphatic heterocycles. The fraction of sp³-hybridized carbons (Fsp3) is 0.500. The third-order valence-corrected chi connectivity index (χ3v) is 3.23. The van der Waals surface area contributed by atoms with Gasteiger partial charge in [0.2, 0.25) is 5.91 Å². The van der Waals surface area contributed by atoms with Gasteiger partial charge in [-0.3, -0.25) is 4.79 Å². The average molecular weight is 263 g/mol. The second-order valence-corrected chi connectivity index (χ2v) is 4.54. The van der Waals surface area contributed by atoms with E-state index in [1.165, 1.54) is 0 Å². The number of amides is 1. The van der Waals surface area contributed by atoms with Crippen molar-refractivity contribution in [3.8, 4) is 5.75 Å². The highest BCUT2D eigenvalue weighted by Gasteiger charge is 2.15. The zero-order chi connectivity index (χ0) is 13.5. The quantitative estimate of drug-likeness (QED) is 0.848. The summed E-state index contributed by atoms with van der Waals surface area (Å²) < 4.78 is 5.25. The van der Waals surface area contributed by atoms with Crippen molar-refractivity contribution in [3.05, 3.63) is 24.3 Å². The largest absolute Gasteiger partial charge is 0.495 e. The summed E-state index contributed by atoms with van der Waals surface area (Å²) in [5.41, 5.74) is 0.853. The van der Waals surface area contributed by atoms with Crippen molar-refractivity contribution in [2.24, 2.45) is 0 Å². The van der Waals surface area contributed by atoms with E-state index in [0.29, 0.717) is 6.54 Å². The van der Waals surface area contributed by atoms with Gasteiger partial charge in [-0.15, -0.1) is 0 Å². The maximum absolute atomic E-state index is 12.1. The van der Waals surface area contributed by atoms with Crippen LogP contribution in [0.4, 0.5) is 5.69 Å². The van der Waals surface area contributed by atoms with Crippen LogP contribution < -0.4 is 15.4 Å². The lowest BCUT2D eigenvalue weighted by Gasteiger charge is -2.20. The predicted molar refractivity (Wildman–Crippen MR) is 75.6 cm³/mol. The molecule has 2 N–H and O–H groups in total. The molecule has 0 unspecified atom stereocenters. The van der Waals surface area contributed by atoms with Gasteiger partial charge in [-0.1, -0.05) is 12.1 Å². The molecule has 1 aromatic rings. The summed E-state index contributed by atoms with van der Waals surface area (Å²) in [6.45, 7) is 3.79. The Morgan fingerprint density at radius 3 is 3.05 bits per heavy atom. The Morgan fingerprint density at radius 2 is 2.21 bits per heavy atom. The number of benzene rings is 1. The number of methoxy groups -OCH3 is 1. The topological polar surface area (TPSA) is 53.6 Å². The minimum Gasteiger partial charge on any atom is -0.495 e. The lowest BCUT2D eigenvalue weighted by Crippen LogP contribution is -2.37. The van der Waals surface area contributed by atoms with Crippen molar-refractivity contribution < 1.29 is 9.53 Å². The third-order valence-electron chi connectivity index (χ3n) is 3.23. The van der Waals surface area contributed by atoms with Gasteiger partial charge in [0.25, 0.3) is 0 Å². The van der Waals surface area contributed by atoms with Gasteiger partial charge in [-0.25, -0.2) is 0 Å². The number of carbonyl (C=O) groups is 1. The molecule has 1 amide bonds. The fourth-order valence-corrected chi connectivity index (χ4v) is 2.17. The molecule has 1 fully saturated rings. The van der Waals surface area contributed by atoms with Crippen LogP contribution in [0.1, 0.15) is 6.42 Å². The molecule has 0 atom stereocenters. The van der Waals surface area contributed by atoms with E-state index in [1.54, 1.807) is 7.11 Å². The number of ether oxygens (including phenoxy) is 1. The molecule has 5 nitrogen and oxygen atoms in total. The molecule has 2 rings (SSSR count). The van der Waals surface area contributed by atoms with Crippen LogP contribution in [0, 0.1) is 0 Å². The van der Waals surface area contributed by atoms with Crippen LogP contribution in [0.15, 0.2) is 24.3 Å². The summed E-state index contributed by atoms with van der Waals surface area (Å²) in [6, 6.07) is 7.62. The third kappa shape index (κ3) is 3.86. The molecule has 0 aromatic heterocycles. The molecular weight excluding hydrogens is 242 g/mol. The van der Waals surface area contributed by atoms with Gasteiger partial charge in [-0.2, -0.15) is 0 Å². The van der Waals surface area contributed by atoms with Crippen LogP contribution in [0.2, 0.25) is 0 Å². The lowest BCUT2D eigenvalue weighted by atomic mass is 10.3. The highest BCUT2D eigenvalue weighted by molar-refractivity contribution is 5.81. The Labute approximate surface area is 113 Å². The first kappa shape index (κ1) is 13.7. The Kier molecular flexibility index (Phi) is 5.03. The first-order valence-electron chi connectivity index (χ1n) is 6.66. The molecule has 0 radical (unpaired) electrons. The van der Waals surface area contributed by atoms with Crippen LogP contribution >= 0.6 is 0 Å². The molecule has 0 bridgehead atoms. The van der Waals surface area contributed by atoms with Crippen LogP contribution in [-0.4, -0.2) is 50.6 Å². The first-order chi connectivity index (χ1) is 9.31. The lowest BCUT2D eigenvalue weighted by molar-refractivity contribution is -0.129. The van der Waals surface area contributed by atoms with E-state index in [-0.39, 0.29) is 5.91 Å². The smallest absolute Gasteiger partial charge is 0.241 e. The predicted octanol–water partition coefficient (Wildman–Crippen LogP) is 0.929. The minimum absolute atomic E-state index is 0.134. The highest BCUT2D eigenvalue weighted by atomic mass is 16.5. The second-order valence-electron chi connectivity index (χ2n) is 4.54. The molecule has 1 heterocycles. The Bertz CT molecular complexity index is 415. The van der Waals surface area contributed by atoms with Crippen LogP contribution in [-0.2, 0) is 4.79 Å². The van der Waals surface area contributed by atoms with E-state index in [9.17, 15) is 4.79 Å². The van der Waals surface area contributed by atoms with Crippen molar-refractivity contribution in [2.45, 2.75) is 6.42 Å². The van der Waals surface area contributed by atoms with E-state index in [0.717, 1.165) is 44.0 Å². The summed E-state index contributed by atoms with van der Waals surface area (Å²) >= 11 is 0. The molecule has 1 aromatic carbocycles. The number of rotatable bonds is 4. The standard InChI is InChI=1S/C14H21N3O2/c1-19-13-6-3-2-5-12(13)16-11-14(18)17-9-4-7-15-8-10-17/h2-3,5-6,15-16H,4,7-11H2,1H3. The minimum atomic E-state index is 0.134. The van der Waals surface area contributed by atoms with Crippen LogP contribution in [0.5, 0.6) is 5.75 Å². The number of hydrogen-bond acceptors (Lipinski definition) is 4. The molecule has 5 heteroatoms. The number of carbonyl (C=O) groups excluding carboxylic acids is 1. The van der Waals surface area contributed by atoms with Gasteiger partial charge < -0.3 is 20.3 Å². The maximum Gasteiger partial charge on any atom is 0.241 e. The Morgan fingerprint density at radius 1 is 1.37 bits per heavy atom. The zero-order valence-corrected chi connectivity index (χ0v) is 11.3. The average Bonchev–Trinajstić information content (AvgIpc) is 2.74. The van der Waals surface area contributed by atoms with E-state index in [1.807, 2.05) is 29.2 Å². The van der Waals surface area contributed by atoms with E-state index < -0.39 is 0 Å². The van der Waals surface area contributed by atoms with Gasteiger partial charge >= 0.3 is 0 Å². The summed E-state index contributed by atoms with van der Waals surface area (Å²) in [7, 11) is 1.63. The molecule has 104 valence electrons. The van der Waals surface area contributed by atoms with Gasteiger partial charge in [-0.05, 0) is 25.1 Å².